The van der Waals surface area contributed by atoms with Crippen molar-refractivity contribution in [3.63, 3.8) is 0 Å². The fraction of sp³-hybridized carbons (Fsp3) is 0.533. The van der Waals surface area contributed by atoms with Crippen LogP contribution in [-0.2, 0) is 26.6 Å². The van der Waals surface area contributed by atoms with Gasteiger partial charge in [-0.2, -0.15) is 5.10 Å². The molecule has 0 saturated heterocycles. The molecule has 0 aliphatic carbocycles. The Hall–Kier alpha value is -1.26. The first-order valence-electron chi connectivity index (χ1n) is 7.09. The Morgan fingerprint density at radius 3 is 2.75 bits per heavy atom. The van der Waals surface area contributed by atoms with Crippen LogP contribution < -0.4 is 5.32 Å². The molecular weight excluding hydrogens is 272 g/mol. The van der Waals surface area contributed by atoms with Gasteiger partial charge < -0.3 is 9.88 Å². The normalized spacial score (nSPS) is 11.5. The molecule has 1 N–H and O–H groups in total. The van der Waals surface area contributed by atoms with Gasteiger partial charge in [-0.15, -0.1) is 0 Å². The lowest BCUT2D eigenvalue weighted by molar-refractivity contribution is 0.587. The minimum Gasteiger partial charge on any atom is -0.348 e. The van der Waals surface area contributed by atoms with Crippen molar-refractivity contribution in [2.24, 2.45) is 7.05 Å². The van der Waals surface area contributed by atoms with Crippen molar-refractivity contribution in [1.82, 2.24) is 19.7 Å². The van der Waals surface area contributed by atoms with Crippen LogP contribution in [0.15, 0.2) is 18.5 Å². The van der Waals surface area contributed by atoms with E-state index in [1.165, 1.54) is 5.56 Å². The number of rotatable bonds is 6. The zero-order valence-electron chi connectivity index (χ0n) is 12.7. The monoisotopic (exact) mass is 294 g/mol. The van der Waals surface area contributed by atoms with Crippen molar-refractivity contribution in [3.05, 3.63) is 40.4 Å². The summed E-state index contributed by atoms with van der Waals surface area (Å²) in [6.07, 6.45) is 5.11. The lowest BCUT2D eigenvalue weighted by Gasteiger charge is -2.06. The summed E-state index contributed by atoms with van der Waals surface area (Å²) in [5.74, 6) is 0. The Balaban J connectivity index is 2.09. The fourth-order valence-corrected chi connectivity index (χ4v) is 2.53. The van der Waals surface area contributed by atoms with Crippen molar-refractivity contribution in [1.29, 1.82) is 0 Å². The van der Waals surface area contributed by atoms with Gasteiger partial charge >= 0.3 is 0 Å². The number of aromatic nitrogens is 3. The van der Waals surface area contributed by atoms with Gasteiger partial charge in [0.15, 0.2) is 0 Å². The highest BCUT2D eigenvalue weighted by Gasteiger charge is 2.13. The molecule has 0 aliphatic rings. The number of nitrogens with zero attached hydrogens (tertiary/aromatic N) is 3. The van der Waals surface area contributed by atoms with Gasteiger partial charge in [0.2, 0.25) is 0 Å². The molecule has 110 valence electrons. The molecule has 0 spiro atoms. The average molecular weight is 295 g/mol. The third-order valence-electron chi connectivity index (χ3n) is 3.36. The minimum atomic E-state index is 0.497. The van der Waals surface area contributed by atoms with Crippen LogP contribution in [0, 0.1) is 0 Å². The molecule has 0 unspecified atom stereocenters. The highest BCUT2D eigenvalue weighted by atomic mass is 35.5. The topological polar surface area (TPSA) is 34.8 Å². The van der Waals surface area contributed by atoms with Gasteiger partial charge in [-0.3, -0.25) is 4.68 Å². The number of aryl methyl sites for hydroxylation is 2. The molecule has 0 aromatic carbocycles. The number of hydrogen-bond acceptors (Lipinski definition) is 2. The van der Waals surface area contributed by atoms with Crippen LogP contribution in [0.5, 0.6) is 0 Å². The van der Waals surface area contributed by atoms with Gasteiger partial charge in [0.1, 0.15) is 0 Å². The zero-order chi connectivity index (χ0) is 14.7. The van der Waals surface area contributed by atoms with E-state index >= 15 is 0 Å². The summed E-state index contributed by atoms with van der Waals surface area (Å²) in [5.41, 5.74) is 3.31. The van der Waals surface area contributed by atoms with Crippen molar-refractivity contribution in [2.75, 3.05) is 0 Å². The summed E-state index contributed by atoms with van der Waals surface area (Å²) >= 11 is 6.38. The van der Waals surface area contributed by atoms with E-state index in [-0.39, 0.29) is 0 Å². The van der Waals surface area contributed by atoms with Gasteiger partial charge in [0, 0.05) is 32.0 Å². The molecule has 2 heterocycles. The highest BCUT2D eigenvalue weighted by Crippen LogP contribution is 2.21. The van der Waals surface area contributed by atoms with E-state index in [0.29, 0.717) is 6.04 Å². The van der Waals surface area contributed by atoms with E-state index < -0.39 is 0 Å². The largest absolute Gasteiger partial charge is 0.348 e. The first-order valence-corrected chi connectivity index (χ1v) is 7.47. The number of halogens is 1. The van der Waals surface area contributed by atoms with E-state index in [1.807, 2.05) is 11.7 Å². The molecule has 2 aromatic rings. The molecule has 5 heteroatoms. The van der Waals surface area contributed by atoms with Crippen molar-refractivity contribution in [3.8, 4) is 0 Å². The number of hydrogen-bond donors (Lipinski definition) is 1. The van der Waals surface area contributed by atoms with Crippen LogP contribution in [0.1, 0.15) is 37.7 Å². The van der Waals surface area contributed by atoms with Gasteiger partial charge in [-0.1, -0.05) is 32.4 Å². The summed E-state index contributed by atoms with van der Waals surface area (Å²) < 4.78 is 4.03. The first kappa shape index (κ1) is 15.1. The second kappa shape index (κ2) is 6.46. The van der Waals surface area contributed by atoms with Crippen molar-refractivity contribution >= 4 is 11.6 Å². The molecule has 20 heavy (non-hydrogen) atoms. The standard InChI is InChI=1S/C15H23ClN4/c1-5-13-15(16)14(19(4)18-13)10-20-7-6-12(9-20)8-17-11(2)3/h6-7,9,11,17H,5,8,10H2,1-4H3. The Morgan fingerprint density at radius 2 is 2.15 bits per heavy atom. The van der Waals surface area contributed by atoms with E-state index in [2.05, 4.69) is 54.2 Å². The first-order chi connectivity index (χ1) is 9.51. The fourth-order valence-electron chi connectivity index (χ4n) is 2.18. The summed E-state index contributed by atoms with van der Waals surface area (Å²) in [7, 11) is 1.95. The molecule has 2 rings (SSSR count). The molecule has 0 atom stereocenters. The highest BCUT2D eigenvalue weighted by molar-refractivity contribution is 6.31. The van der Waals surface area contributed by atoms with Gasteiger partial charge in [-0.05, 0) is 18.1 Å². The molecule has 0 saturated carbocycles. The Labute approximate surface area is 125 Å². The lowest BCUT2D eigenvalue weighted by atomic mass is 10.3. The van der Waals surface area contributed by atoms with Gasteiger partial charge in [0.05, 0.1) is 23.0 Å². The Kier molecular flexibility index (Phi) is 4.89. The molecule has 0 aliphatic heterocycles. The Bertz CT molecular complexity index is 568. The predicted octanol–water partition coefficient (Wildman–Crippen LogP) is 2.98. The lowest BCUT2D eigenvalue weighted by Crippen LogP contribution is -2.21. The summed E-state index contributed by atoms with van der Waals surface area (Å²) in [6, 6.07) is 2.64. The minimum absolute atomic E-state index is 0.497. The van der Waals surface area contributed by atoms with Crippen LogP contribution in [0.4, 0.5) is 0 Å². The predicted molar refractivity (Wildman–Crippen MR) is 83.1 cm³/mol. The molecular formula is C15H23ClN4. The van der Waals surface area contributed by atoms with Crippen LogP contribution in [-0.4, -0.2) is 20.4 Å². The molecule has 4 nitrogen and oxygen atoms in total. The van der Waals surface area contributed by atoms with Gasteiger partial charge in [0.25, 0.3) is 0 Å². The molecule has 2 aromatic heterocycles. The smallest absolute Gasteiger partial charge is 0.0868 e. The SMILES string of the molecule is CCc1nn(C)c(Cn2ccc(CNC(C)C)c2)c1Cl. The second-order valence-corrected chi connectivity index (χ2v) is 5.79. The van der Waals surface area contributed by atoms with Crippen LogP contribution in [0.25, 0.3) is 0 Å². The maximum absolute atomic E-state index is 6.38. The van der Waals surface area contributed by atoms with Crippen LogP contribution in [0.3, 0.4) is 0 Å². The average Bonchev–Trinajstić information content (AvgIpc) is 2.96. The van der Waals surface area contributed by atoms with E-state index in [1.54, 1.807) is 0 Å². The maximum Gasteiger partial charge on any atom is 0.0868 e. The van der Waals surface area contributed by atoms with Crippen molar-refractivity contribution < 1.29 is 0 Å². The summed E-state index contributed by atoms with van der Waals surface area (Å²) in [4.78, 5) is 0. The van der Waals surface area contributed by atoms with Crippen LogP contribution >= 0.6 is 11.6 Å². The van der Waals surface area contributed by atoms with E-state index in [0.717, 1.165) is 35.9 Å². The third kappa shape index (κ3) is 3.44. The summed E-state index contributed by atoms with van der Waals surface area (Å²) in [6.45, 7) is 8.02. The zero-order valence-corrected chi connectivity index (χ0v) is 13.4. The second-order valence-electron chi connectivity index (χ2n) is 5.41. The van der Waals surface area contributed by atoms with E-state index in [9.17, 15) is 0 Å². The summed E-state index contributed by atoms with van der Waals surface area (Å²) in [5, 5.41) is 8.67. The molecule has 0 radical (unpaired) electrons. The number of nitrogens with one attached hydrogen (secondary N) is 1. The Morgan fingerprint density at radius 1 is 1.40 bits per heavy atom. The molecule has 0 fully saturated rings. The maximum atomic E-state index is 6.38. The van der Waals surface area contributed by atoms with Crippen molar-refractivity contribution in [2.45, 2.75) is 46.3 Å². The molecule has 0 bridgehead atoms. The quantitative estimate of drug-likeness (QED) is 0.889. The molecule has 0 amide bonds. The van der Waals surface area contributed by atoms with Crippen LogP contribution in [0.2, 0.25) is 5.02 Å². The van der Waals surface area contributed by atoms with E-state index in [4.69, 9.17) is 11.6 Å². The third-order valence-corrected chi connectivity index (χ3v) is 3.80. The van der Waals surface area contributed by atoms with Gasteiger partial charge in [-0.25, -0.2) is 0 Å².